The third kappa shape index (κ3) is 5.35. The molecule has 0 unspecified atom stereocenters. The van der Waals surface area contributed by atoms with E-state index in [1.54, 1.807) is 6.20 Å². The maximum Gasteiger partial charge on any atom is 0.243 e. The van der Waals surface area contributed by atoms with E-state index in [-0.39, 0.29) is 23.9 Å². The zero-order chi connectivity index (χ0) is 23.5. The second-order valence-electron chi connectivity index (χ2n) is 10.4. The van der Waals surface area contributed by atoms with Crippen molar-refractivity contribution < 1.29 is 9.59 Å². The number of rotatable bonds is 8. The van der Waals surface area contributed by atoms with E-state index in [4.69, 9.17) is 5.73 Å². The first-order valence-electron chi connectivity index (χ1n) is 13.1. The number of hydrogen-bond donors (Lipinski definition) is 3. The molecule has 2 aliphatic carbocycles. The fourth-order valence-electron chi connectivity index (χ4n) is 5.65. The van der Waals surface area contributed by atoms with Crippen LogP contribution in [0.1, 0.15) is 69.8 Å². The largest absolute Gasteiger partial charge is 0.383 e. The molecule has 2 atom stereocenters. The van der Waals surface area contributed by atoms with Gasteiger partial charge in [-0.2, -0.15) is 0 Å². The lowest BCUT2D eigenvalue weighted by molar-refractivity contribution is -0.140. The Morgan fingerprint density at radius 3 is 2.68 bits per heavy atom. The summed E-state index contributed by atoms with van der Waals surface area (Å²) < 4.78 is 0. The molecule has 2 amide bonds. The van der Waals surface area contributed by atoms with Crippen molar-refractivity contribution in [3.8, 4) is 0 Å². The molecule has 182 valence electrons. The zero-order valence-corrected chi connectivity index (χ0v) is 20.0. The Labute approximate surface area is 201 Å². The lowest BCUT2D eigenvalue weighted by Crippen LogP contribution is -2.54. The smallest absolute Gasteiger partial charge is 0.243 e. The van der Waals surface area contributed by atoms with Crippen LogP contribution in [0.4, 0.5) is 5.82 Å². The highest BCUT2D eigenvalue weighted by atomic mass is 16.2. The quantitative estimate of drug-likeness (QED) is 0.556. The van der Waals surface area contributed by atoms with Gasteiger partial charge in [-0.3, -0.25) is 9.59 Å². The summed E-state index contributed by atoms with van der Waals surface area (Å²) >= 11 is 0. The van der Waals surface area contributed by atoms with E-state index in [0.29, 0.717) is 30.9 Å². The molecule has 3 aliphatic rings. The standard InChI is InChI=1S/C27H37N5O2/c28-25-22-11-10-19(15-20(22)12-13-29-25)17-30-26(33)24-7-4-14-32(24)27(34)23(16-18-8-9-18)31-21-5-2-1-3-6-21/h10-13,15,18,21,23-24,31H,1-9,14,16-17H2,(H2,28,29)(H,30,33)/t23-,24+/m1/s1. The van der Waals surface area contributed by atoms with Gasteiger partial charge in [-0.25, -0.2) is 4.98 Å². The summed E-state index contributed by atoms with van der Waals surface area (Å²) in [6, 6.07) is 7.79. The van der Waals surface area contributed by atoms with Gasteiger partial charge in [0.1, 0.15) is 11.9 Å². The number of pyridine rings is 1. The molecule has 3 fully saturated rings. The summed E-state index contributed by atoms with van der Waals surface area (Å²) in [7, 11) is 0. The molecule has 1 aromatic carbocycles. The topological polar surface area (TPSA) is 100 Å². The first-order chi connectivity index (χ1) is 16.6. The number of carbonyl (C=O) groups is 2. The van der Waals surface area contributed by atoms with E-state index in [1.807, 2.05) is 29.2 Å². The molecule has 0 radical (unpaired) electrons. The minimum atomic E-state index is -0.373. The normalized spacial score (nSPS) is 22.1. The molecule has 1 aliphatic heterocycles. The van der Waals surface area contributed by atoms with Crippen LogP contribution < -0.4 is 16.4 Å². The van der Waals surface area contributed by atoms with Crippen LogP contribution >= 0.6 is 0 Å². The predicted molar refractivity (Wildman–Crippen MR) is 134 cm³/mol. The highest BCUT2D eigenvalue weighted by molar-refractivity contribution is 5.92. The maximum absolute atomic E-state index is 13.6. The molecular weight excluding hydrogens is 426 g/mol. The highest BCUT2D eigenvalue weighted by Crippen LogP contribution is 2.35. The first kappa shape index (κ1) is 23.1. The van der Waals surface area contributed by atoms with Gasteiger partial charge in [-0.15, -0.1) is 0 Å². The van der Waals surface area contributed by atoms with Gasteiger partial charge in [0.05, 0.1) is 6.04 Å². The molecule has 1 saturated heterocycles. The molecule has 34 heavy (non-hydrogen) atoms. The van der Waals surface area contributed by atoms with Gasteiger partial charge in [-0.05, 0) is 61.1 Å². The maximum atomic E-state index is 13.6. The molecule has 7 heteroatoms. The fourth-order valence-corrected chi connectivity index (χ4v) is 5.65. The third-order valence-corrected chi connectivity index (χ3v) is 7.77. The SMILES string of the molecule is Nc1nccc2cc(CNC(=O)[C@@H]3CCCN3C(=O)[C@@H](CC3CC3)NC3CCCCC3)ccc12. The molecule has 0 spiro atoms. The Hall–Kier alpha value is -2.67. The second kappa shape index (κ2) is 10.3. The van der Waals surface area contributed by atoms with E-state index in [9.17, 15) is 9.59 Å². The molecule has 2 saturated carbocycles. The second-order valence-corrected chi connectivity index (χ2v) is 10.4. The minimum absolute atomic E-state index is 0.0528. The fraction of sp³-hybridized carbons (Fsp3) is 0.593. The Morgan fingerprint density at radius 1 is 1.06 bits per heavy atom. The summed E-state index contributed by atoms with van der Waals surface area (Å²) in [4.78, 5) is 32.7. The van der Waals surface area contributed by atoms with Crippen molar-refractivity contribution in [3.63, 3.8) is 0 Å². The van der Waals surface area contributed by atoms with Crippen LogP contribution in [-0.4, -0.2) is 46.4 Å². The lowest BCUT2D eigenvalue weighted by Gasteiger charge is -2.32. The van der Waals surface area contributed by atoms with Gasteiger partial charge in [0.25, 0.3) is 0 Å². The van der Waals surface area contributed by atoms with Crippen molar-refractivity contribution in [2.45, 2.75) is 88.9 Å². The summed E-state index contributed by atoms with van der Waals surface area (Å²) in [6.45, 7) is 1.11. The Bertz CT molecular complexity index is 1030. The van der Waals surface area contributed by atoms with Crippen molar-refractivity contribution in [1.82, 2.24) is 20.5 Å². The van der Waals surface area contributed by atoms with Crippen LogP contribution in [0.3, 0.4) is 0 Å². The molecule has 2 aromatic rings. The van der Waals surface area contributed by atoms with Gasteiger partial charge in [0.2, 0.25) is 11.8 Å². The van der Waals surface area contributed by atoms with Crippen molar-refractivity contribution in [2.75, 3.05) is 12.3 Å². The number of hydrogen-bond acceptors (Lipinski definition) is 5. The average Bonchev–Trinajstić information content (AvgIpc) is 3.54. The Morgan fingerprint density at radius 2 is 1.88 bits per heavy atom. The third-order valence-electron chi connectivity index (χ3n) is 7.77. The molecule has 0 bridgehead atoms. The number of nitrogens with two attached hydrogens (primary N) is 1. The number of fused-ring (bicyclic) bond motifs is 1. The van der Waals surface area contributed by atoms with E-state index in [0.717, 1.165) is 48.4 Å². The highest BCUT2D eigenvalue weighted by Gasteiger charge is 2.39. The summed E-state index contributed by atoms with van der Waals surface area (Å²) in [5.41, 5.74) is 6.96. The molecule has 4 N–H and O–H groups in total. The van der Waals surface area contributed by atoms with Crippen LogP contribution in [-0.2, 0) is 16.1 Å². The monoisotopic (exact) mass is 463 g/mol. The number of nitrogens with zero attached hydrogens (tertiary/aromatic N) is 2. The van der Waals surface area contributed by atoms with Gasteiger partial charge in [-0.1, -0.05) is 44.2 Å². The number of benzene rings is 1. The minimum Gasteiger partial charge on any atom is -0.383 e. The molecule has 2 heterocycles. The lowest BCUT2D eigenvalue weighted by atomic mass is 9.94. The summed E-state index contributed by atoms with van der Waals surface area (Å²) in [6.07, 6.45) is 12.8. The van der Waals surface area contributed by atoms with E-state index < -0.39 is 0 Å². The van der Waals surface area contributed by atoms with Gasteiger partial charge < -0.3 is 21.3 Å². The Balaban J connectivity index is 1.22. The van der Waals surface area contributed by atoms with E-state index >= 15 is 0 Å². The van der Waals surface area contributed by atoms with Crippen LogP contribution in [0.5, 0.6) is 0 Å². The number of aromatic nitrogens is 1. The first-order valence-corrected chi connectivity index (χ1v) is 13.1. The molecule has 5 rings (SSSR count). The van der Waals surface area contributed by atoms with Crippen LogP contribution in [0.2, 0.25) is 0 Å². The van der Waals surface area contributed by atoms with E-state index in [1.165, 1.54) is 32.1 Å². The van der Waals surface area contributed by atoms with Crippen LogP contribution in [0, 0.1) is 5.92 Å². The molecule has 7 nitrogen and oxygen atoms in total. The average molecular weight is 464 g/mol. The van der Waals surface area contributed by atoms with Crippen molar-refractivity contribution >= 4 is 28.4 Å². The molecule has 1 aromatic heterocycles. The summed E-state index contributed by atoms with van der Waals surface area (Å²) in [5.74, 6) is 1.25. The summed E-state index contributed by atoms with van der Waals surface area (Å²) in [5, 5.41) is 8.71. The van der Waals surface area contributed by atoms with Crippen molar-refractivity contribution in [2.24, 2.45) is 5.92 Å². The van der Waals surface area contributed by atoms with Crippen LogP contribution in [0.15, 0.2) is 30.5 Å². The van der Waals surface area contributed by atoms with Gasteiger partial charge >= 0.3 is 0 Å². The number of amides is 2. The number of anilines is 1. The van der Waals surface area contributed by atoms with Crippen molar-refractivity contribution in [1.29, 1.82) is 0 Å². The van der Waals surface area contributed by atoms with Crippen LogP contribution in [0.25, 0.3) is 10.8 Å². The predicted octanol–water partition coefficient (Wildman–Crippen LogP) is 3.52. The number of likely N-dealkylation sites (tertiary alicyclic amines) is 1. The molecular formula is C27H37N5O2. The van der Waals surface area contributed by atoms with Gasteiger partial charge in [0, 0.05) is 30.7 Å². The van der Waals surface area contributed by atoms with E-state index in [2.05, 4.69) is 15.6 Å². The number of nitrogens with one attached hydrogen (secondary N) is 2. The van der Waals surface area contributed by atoms with Crippen molar-refractivity contribution in [3.05, 3.63) is 36.0 Å². The zero-order valence-electron chi connectivity index (χ0n) is 20.0. The Kier molecular flexibility index (Phi) is 6.99. The van der Waals surface area contributed by atoms with Gasteiger partial charge in [0.15, 0.2) is 0 Å². The number of nitrogen functional groups attached to an aromatic ring is 1. The number of carbonyl (C=O) groups excluding carboxylic acids is 2.